The number of aryl methyl sites for hydroxylation is 1. The molecule has 0 atom stereocenters. The maximum atomic E-state index is 5.13. The van der Waals surface area contributed by atoms with Crippen molar-refractivity contribution in [2.75, 3.05) is 7.11 Å². The molecule has 0 unspecified atom stereocenters. The molecule has 1 heterocycles. The van der Waals surface area contributed by atoms with Gasteiger partial charge in [-0.3, -0.25) is 0 Å². The van der Waals surface area contributed by atoms with Gasteiger partial charge in [0.05, 0.1) is 0 Å². The van der Waals surface area contributed by atoms with Crippen LogP contribution in [0.25, 0.3) is 0 Å². The van der Waals surface area contributed by atoms with Gasteiger partial charge in [-0.15, -0.1) is 0 Å². The largest absolute Gasteiger partial charge is 0.184 e. The van der Waals surface area contributed by atoms with E-state index < -0.39 is 0 Å². The van der Waals surface area contributed by atoms with Crippen LogP contribution in [0.5, 0.6) is 5.75 Å². The van der Waals surface area contributed by atoms with Gasteiger partial charge in [0.1, 0.15) is 0 Å². The normalized spacial score (nSPS) is 10.4. The molecule has 0 amide bonds. The molecule has 0 N–H and O–H groups in total. The molecule has 0 radical (unpaired) electrons. The molecule has 142 valence electrons. The van der Waals surface area contributed by atoms with Gasteiger partial charge in [-0.2, -0.15) is 1.33 Å². The predicted octanol–water partition coefficient (Wildman–Crippen LogP) is 5.15. The van der Waals surface area contributed by atoms with E-state index in [-0.39, 0.29) is 0 Å². The van der Waals surface area contributed by atoms with E-state index in [2.05, 4.69) is 124 Å². The van der Waals surface area contributed by atoms with Crippen molar-refractivity contribution in [1.82, 2.24) is 10.5 Å². The minimum Gasteiger partial charge on any atom is -0.184 e. The summed E-state index contributed by atoms with van der Waals surface area (Å²) in [6.45, 7) is 1.89. The molecular weight excluding hydrogens is 735 g/mol. The third kappa shape index (κ3) is 7.29. The van der Waals surface area contributed by atoms with Crippen LogP contribution >= 0.6 is 45.7 Å². The molecule has 0 saturated heterocycles. The smallest absolute Gasteiger partial charge is 0.0435 e. The van der Waals surface area contributed by atoms with Crippen molar-refractivity contribution >= 4 is 45.7 Å². The van der Waals surface area contributed by atoms with Crippen molar-refractivity contribution in [3.8, 4) is 5.75 Å². The Morgan fingerprint density at radius 3 is 2.12 bits per heavy atom. The summed E-state index contributed by atoms with van der Waals surface area (Å²) >= 11 is 6.86. The van der Waals surface area contributed by atoms with Gasteiger partial charge in [0.15, 0.2) is 0 Å². The quantitative estimate of drug-likeness (QED) is 0.266. The summed E-state index contributed by atoms with van der Waals surface area (Å²) in [4.78, 5) is 0. The van der Waals surface area contributed by atoms with Crippen LogP contribution < -0.4 is 4.74 Å². The number of aromatic nitrogens is 2. The van der Waals surface area contributed by atoms with E-state index in [0.717, 1.165) is 18.8 Å². The minimum atomic E-state index is 0.893. The first kappa shape index (κ1) is 21.9. The van der Waals surface area contributed by atoms with Gasteiger partial charge >= 0.3 is 106 Å². The van der Waals surface area contributed by atoms with E-state index in [9.17, 15) is 0 Å². The molecule has 0 aliphatic rings. The van der Waals surface area contributed by atoms with E-state index in [0.29, 0.717) is 0 Å². The second-order valence-corrected chi connectivity index (χ2v) is 10.8. The fourth-order valence-electron chi connectivity index (χ4n) is 2.26. The molecule has 4 nitrogen and oxygen atoms in total. The van der Waals surface area contributed by atoms with Crippen molar-refractivity contribution in [3.63, 3.8) is 0 Å². The summed E-state index contributed by atoms with van der Waals surface area (Å²) in [5, 5.41) is 0. The predicted molar refractivity (Wildman–Crippen MR) is 119 cm³/mol. The summed E-state index contributed by atoms with van der Waals surface area (Å²) in [5.74, 6) is 0.900. The Hall–Kier alpha value is -0.442. The third-order valence-corrected chi connectivity index (χ3v) is 5.75. The Balaban J connectivity index is 0.000000209. The summed E-state index contributed by atoms with van der Waals surface area (Å²) < 4.78 is 12.8. The number of imidazole rings is 1. The summed E-state index contributed by atoms with van der Waals surface area (Å²) in [6.07, 6.45) is 4.15. The fourth-order valence-corrected chi connectivity index (χ4v) is 3.57. The summed E-state index contributed by atoms with van der Waals surface area (Å²) in [7, 11) is 3.73. The first-order valence-electron chi connectivity index (χ1n) is 7.92. The second-order valence-electron chi connectivity index (χ2n) is 5.57. The zero-order chi connectivity index (χ0) is 18.9. The Morgan fingerprint density at radius 1 is 0.962 bits per heavy atom. The summed E-state index contributed by atoms with van der Waals surface area (Å²) in [6, 6.07) is 18.6. The van der Waals surface area contributed by atoms with Gasteiger partial charge < -0.3 is 0 Å². The minimum absolute atomic E-state index is 0.893. The Kier molecular flexibility index (Phi) is 9.59. The Bertz CT molecular complexity index is 845. The Labute approximate surface area is 193 Å². The van der Waals surface area contributed by atoms with Crippen LogP contribution in [0.15, 0.2) is 67.0 Å². The van der Waals surface area contributed by atoms with Crippen molar-refractivity contribution in [2.45, 2.75) is 13.1 Å². The van der Waals surface area contributed by atoms with E-state index in [1.807, 2.05) is 25.2 Å². The molecular formula is C19H21I2N3OPt. The molecule has 0 bridgehead atoms. The van der Waals surface area contributed by atoms with Gasteiger partial charge in [-0.1, -0.05) is 30.3 Å². The maximum Gasteiger partial charge on any atom is 0.0435 e. The van der Waals surface area contributed by atoms with Crippen LogP contribution in [0.1, 0.15) is 11.1 Å². The molecule has 0 fully saturated rings. The number of ether oxygens (including phenoxy) is 1. The molecule has 26 heavy (non-hydrogen) atoms. The number of hydrogen-bond acceptors (Lipinski definition) is 2. The van der Waals surface area contributed by atoms with E-state index in [1.54, 1.807) is 7.11 Å². The first-order valence-corrected chi connectivity index (χ1v) is 11.0. The van der Waals surface area contributed by atoms with E-state index in [4.69, 9.17) is 4.74 Å². The summed E-state index contributed by atoms with van der Waals surface area (Å²) in [5.41, 5.74) is 2.63. The molecule has 2 aromatic carbocycles. The van der Waals surface area contributed by atoms with Crippen LogP contribution in [0, 0.1) is 3.80 Å². The van der Waals surface area contributed by atoms with Gasteiger partial charge in [0.2, 0.25) is 0 Å². The van der Waals surface area contributed by atoms with Crippen LogP contribution in [0.2, 0.25) is 0 Å². The number of benzene rings is 2. The monoisotopic (exact) mass is 756 g/mol. The van der Waals surface area contributed by atoms with Gasteiger partial charge in [-0.05, 0) is 5.56 Å². The van der Waals surface area contributed by atoms with Gasteiger partial charge in [0.25, 0.3) is 0 Å². The second kappa shape index (κ2) is 11.4. The molecule has 7 heteroatoms. The molecule has 0 aliphatic heterocycles. The van der Waals surface area contributed by atoms with E-state index >= 15 is 0 Å². The third-order valence-electron chi connectivity index (χ3n) is 3.62. The van der Waals surface area contributed by atoms with Crippen molar-refractivity contribution in [1.29, 1.82) is 0 Å². The topological polar surface area (TPSA) is 22.3 Å². The van der Waals surface area contributed by atoms with Crippen LogP contribution in [-0.4, -0.2) is 17.6 Å². The SMILES string of the molecule is COc1ccc(Cn2ccn(C)[c]2=[Pt])cc1.IN(I)Cc1ccccc1. The zero-order valence-electron chi connectivity index (χ0n) is 14.6. The molecule has 3 aromatic rings. The molecule has 0 saturated carbocycles. The molecule has 0 spiro atoms. The van der Waals surface area contributed by atoms with Crippen LogP contribution in [-0.2, 0) is 39.5 Å². The van der Waals surface area contributed by atoms with Gasteiger partial charge in [0, 0.05) is 52.3 Å². The molecule has 1 aromatic heterocycles. The van der Waals surface area contributed by atoms with Crippen molar-refractivity contribution in [2.24, 2.45) is 7.05 Å². The number of halogens is 2. The molecule has 0 aliphatic carbocycles. The van der Waals surface area contributed by atoms with Crippen molar-refractivity contribution in [3.05, 3.63) is 81.9 Å². The average Bonchev–Trinajstić information content (AvgIpc) is 2.95. The van der Waals surface area contributed by atoms with Crippen LogP contribution in [0.3, 0.4) is 0 Å². The van der Waals surface area contributed by atoms with Crippen molar-refractivity contribution < 1.29 is 24.1 Å². The van der Waals surface area contributed by atoms with E-state index in [1.165, 1.54) is 14.9 Å². The van der Waals surface area contributed by atoms with Gasteiger partial charge in [-0.25, -0.2) is 0 Å². The number of rotatable bonds is 5. The zero-order valence-corrected chi connectivity index (χ0v) is 21.2. The molecule has 3 rings (SSSR count). The fraction of sp³-hybridized carbons (Fsp3) is 0.211. The Morgan fingerprint density at radius 2 is 1.62 bits per heavy atom. The maximum absolute atomic E-state index is 5.13. The average molecular weight is 756 g/mol. The standard InChI is InChI=1S/C12H14N2O.C7H7I2N.Pt/c1-13-7-8-14(10-13)9-11-3-5-12(15-2)6-4-11;8-10(9)6-7-4-2-1-3-5-7;/h3-8H,9H2,1-2H3;1-5H,6H2;. The number of hydrogen-bond donors (Lipinski definition) is 0. The number of methoxy groups -OCH3 is 1. The first-order chi connectivity index (χ1) is 12.5. The number of nitrogens with zero attached hydrogens (tertiary/aromatic N) is 3. The van der Waals surface area contributed by atoms with Crippen LogP contribution in [0.4, 0.5) is 0 Å².